The van der Waals surface area contributed by atoms with E-state index in [2.05, 4.69) is 4.74 Å². The van der Waals surface area contributed by atoms with Gasteiger partial charge in [0.1, 0.15) is 12.2 Å². The molecule has 0 unspecified atom stereocenters. The van der Waals surface area contributed by atoms with Crippen molar-refractivity contribution < 1.29 is 54.4 Å². The van der Waals surface area contributed by atoms with Gasteiger partial charge in [-0.15, -0.1) is 11.6 Å². The number of carbonyl (C=O) groups is 1. The minimum absolute atomic E-state index is 0. The number of esters is 1. The Morgan fingerprint density at radius 3 is 2.54 bits per heavy atom. The molecule has 1 rings (SSSR count). The van der Waals surface area contributed by atoms with Crippen molar-refractivity contribution in [1.29, 1.82) is 0 Å². The molecule has 0 spiro atoms. The number of halogens is 1. The largest absolute Gasteiger partial charge is 1.00 e. The molecule has 0 saturated heterocycles. The van der Waals surface area contributed by atoms with Gasteiger partial charge in [-0.2, -0.15) is 0 Å². The maximum absolute atomic E-state index is 10.9. The predicted octanol–water partition coefficient (Wildman–Crippen LogP) is -4.35. The first-order chi connectivity index (χ1) is 5.57. The van der Waals surface area contributed by atoms with E-state index >= 15 is 0 Å². The van der Waals surface area contributed by atoms with Gasteiger partial charge in [-0.25, -0.2) is 4.79 Å². The van der Waals surface area contributed by atoms with Crippen molar-refractivity contribution in [2.45, 2.75) is 12.2 Å². The fourth-order valence-electron chi connectivity index (χ4n) is 0.794. The SMILES string of the molecule is O=C1O[C@H]([C@@H](O)CCl)C([O-])=C1O.[Na+]. The Kier molecular flexibility index (Phi) is 5.09. The van der Waals surface area contributed by atoms with Gasteiger partial charge in [0.15, 0.2) is 5.76 Å². The average Bonchev–Trinajstić information content (AvgIpc) is 2.32. The van der Waals surface area contributed by atoms with Crippen LogP contribution in [0, 0.1) is 0 Å². The van der Waals surface area contributed by atoms with Gasteiger partial charge in [0, 0.05) is 0 Å². The van der Waals surface area contributed by atoms with Crippen LogP contribution in [-0.4, -0.2) is 34.3 Å². The second kappa shape index (κ2) is 5.07. The van der Waals surface area contributed by atoms with Gasteiger partial charge in [-0.05, 0) is 5.76 Å². The molecular weight excluding hydrogens is 211 g/mol. The zero-order chi connectivity index (χ0) is 9.30. The number of alkyl halides is 1. The van der Waals surface area contributed by atoms with E-state index < -0.39 is 29.7 Å². The van der Waals surface area contributed by atoms with Crippen molar-refractivity contribution in [3.8, 4) is 0 Å². The topological polar surface area (TPSA) is 89.8 Å². The van der Waals surface area contributed by atoms with Crippen LogP contribution in [0.25, 0.3) is 0 Å². The van der Waals surface area contributed by atoms with Crippen molar-refractivity contribution in [1.82, 2.24) is 0 Å². The first-order valence-electron chi connectivity index (χ1n) is 3.13. The summed E-state index contributed by atoms with van der Waals surface area (Å²) in [6, 6.07) is 0. The van der Waals surface area contributed by atoms with Crippen LogP contribution in [0.4, 0.5) is 0 Å². The Bertz CT molecular complexity index is 241. The Balaban J connectivity index is 0.00000144. The first-order valence-corrected chi connectivity index (χ1v) is 3.66. The van der Waals surface area contributed by atoms with E-state index in [1.165, 1.54) is 0 Å². The van der Waals surface area contributed by atoms with Gasteiger partial charge >= 0.3 is 35.5 Å². The number of hydrogen-bond donors (Lipinski definition) is 2. The Labute approximate surface area is 101 Å². The summed E-state index contributed by atoms with van der Waals surface area (Å²) in [5, 5.41) is 28.6. The second-order valence-electron chi connectivity index (χ2n) is 2.26. The van der Waals surface area contributed by atoms with Crippen LogP contribution >= 0.6 is 11.6 Å². The number of aliphatic hydroxyl groups excluding tert-OH is 2. The molecule has 1 aliphatic rings. The second-order valence-corrected chi connectivity index (χ2v) is 2.57. The minimum Gasteiger partial charge on any atom is -0.870 e. The van der Waals surface area contributed by atoms with E-state index in [-0.39, 0.29) is 35.4 Å². The molecule has 0 aromatic rings. The average molecular weight is 217 g/mol. The summed E-state index contributed by atoms with van der Waals surface area (Å²) >= 11 is 5.21. The third-order valence-electron chi connectivity index (χ3n) is 1.43. The van der Waals surface area contributed by atoms with Crippen molar-refractivity contribution in [3.63, 3.8) is 0 Å². The monoisotopic (exact) mass is 216 g/mol. The molecule has 1 aliphatic heterocycles. The molecule has 2 atom stereocenters. The Morgan fingerprint density at radius 1 is 1.69 bits per heavy atom. The van der Waals surface area contributed by atoms with Crippen LogP contribution in [0.2, 0.25) is 0 Å². The molecule has 7 heteroatoms. The van der Waals surface area contributed by atoms with Gasteiger partial charge in [0.25, 0.3) is 0 Å². The Morgan fingerprint density at radius 2 is 2.23 bits per heavy atom. The van der Waals surface area contributed by atoms with Crippen molar-refractivity contribution in [2.24, 2.45) is 0 Å². The van der Waals surface area contributed by atoms with E-state index in [0.717, 1.165) is 0 Å². The van der Waals surface area contributed by atoms with Crippen LogP contribution < -0.4 is 34.7 Å². The van der Waals surface area contributed by atoms with E-state index in [4.69, 9.17) is 21.8 Å². The zero-order valence-corrected chi connectivity index (χ0v) is 9.61. The van der Waals surface area contributed by atoms with Crippen LogP contribution in [0.5, 0.6) is 0 Å². The predicted molar refractivity (Wildman–Crippen MR) is 36.3 cm³/mol. The molecule has 1 heterocycles. The van der Waals surface area contributed by atoms with Crippen LogP contribution in [0.3, 0.4) is 0 Å². The van der Waals surface area contributed by atoms with Gasteiger partial charge < -0.3 is 20.1 Å². The third kappa shape index (κ3) is 2.51. The van der Waals surface area contributed by atoms with Gasteiger partial charge in [-0.1, -0.05) is 0 Å². The van der Waals surface area contributed by atoms with E-state index in [0.29, 0.717) is 0 Å². The quantitative estimate of drug-likeness (QED) is 0.277. The molecular formula is C6H6ClNaO5. The first kappa shape index (κ1) is 13.1. The number of hydrogen-bond acceptors (Lipinski definition) is 5. The van der Waals surface area contributed by atoms with Crippen molar-refractivity contribution in [3.05, 3.63) is 11.5 Å². The maximum atomic E-state index is 10.9. The van der Waals surface area contributed by atoms with Gasteiger partial charge in [0.05, 0.1) is 5.88 Å². The molecule has 0 radical (unpaired) electrons. The number of cyclic esters (lactones) is 1. The summed E-state index contributed by atoms with van der Waals surface area (Å²) in [5.74, 6) is -3.26. The van der Waals surface area contributed by atoms with Crippen LogP contribution in [0.15, 0.2) is 11.5 Å². The standard InChI is InChI=1S/C6H7ClO5.Na/c7-1-2(8)5-3(9)4(10)6(11)12-5;/h2,5,8-10H,1H2;/q;+1/p-1/t2-,5+;/m0./s1. The number of aliphatic hydroxyl groups is 2. The van der Waals surface area contributed by atoms with Crippen LogP contribution in [0.1, 0.15) is 0 Å². The Hall–Kier alpha value is 0.0600. The third-order valence-corrected chi connectivity index (χ3v) is 1.74. The zero-order valence-electron chi connectivity index (χ0n) is 6.86. The molecule has 0 aliphatic carbocycles. The molecule has 0 bridgehead atoms. The molecule has 0 aromatic heterocycles. The van der Waals surface area contributed by atoms with Crippen molar-refractivity contribution >= 4 is 17.6 Å². The van der Waals surface area contributed by atoms with Gasteiger partial charge in [-0.3, -0.25) is 0 Å². The molecule has 5 nitrogen and oxygen atoms in total. The molecule has 68 valence electrons. The summed E-state index contributed by atoms with van der Waals surface area (Å²) in [6.07, 6.45) is -2.62. The molecule has 0 aromatic carbocycles. The minimum atomic E-state index is -1.35. The molecule has 2 N–H and O–H groups in total. The van der Waals surface area contributed by atoms with E-state index in [1.54, 1.807) is 0 Å². The summed E-state index contributed by atoms with van der Waals surface area (Å²) in [5.41, 5.74) is 0. The molecule has 0 fully saturated rings. The fourth-order valence-corrected chi connectivity index (χ4v) is 0.956. The van der Waals surface area contributed by atoms with E-state index in [1.807, 2.05) is 0 Å². The smallest absolute Gasteiger partial charge is 0.870 e. The fraction of sp³-hybridized carbons (Fsp3) is 0.500. The van der Waals surface area contributed by atoms with Crippen LogP contribution in [-0.2, 0) is 9.53 Å². The number of carbonyl (C=O) groups excluding carboxylic acids is 1. The summed E-state index contributed by atoms with van der Waals surface area (Å²) in [7, 11) is 0. The number of rotatable bonds is 2. The normalized spacial score (nSPS) is 23.8. The number of ether oxygens (including phenoxy) is 1. The summed E-state index contributed by atoms with van der Waals surface area (Å²) < 4.78 is 4.33. The summed E-state index contributed by atoms with van der Waals surface area (Å²) in [6.45, 7) is 0. The molecule has 0 amide bonds. The summed E-state index contributed by atoms with van der Waals surface area (Å²) in [4.78, 5) is 10.5. The molecule has 0 saturated carbocycles. The molecule has 13 heavy (non-hydrogen) atoms. The van der Waals surface area contributed by atoms with E-state index in [9.17, 15) is 9.90 Å². The van der Waals surface area contributed by atoms with Gasteiger partial charge in [0.2, 0.25) is 0 Å². The van der Waals surface area contributed by atoms with Crippen molar-refractivity contribution in [2.75, 3.05) is 5.88 Å². The maximum Gasteiger partial charge on any atom is 1.00 e.